The molecule has 0 radical (unpaired) electrons. The molecule has 0 aromatic heterocycles. The monoisotopic (exact) mass is 395 g/mol. The van der Waals surface area contributed by atoms with Gasteiger partial charge in [-0.05, 0) is 49.8 Å². The largest absolute Gasteiger partial charge is 0.510 e. The molecule has 0 saturated heterocycles. The molecule has 28 heavy (non-hydrogen) atoms. The third-order valence-corrected chi connectivity index (χ3v) is 4.97. The summed E-state index contributed by atoms with van der Waals surface area (Å²) < 4.78 is 15.8. The van der Waals surface area contributed by atoms with Gasteiger partial charge in [-0.1, -0.05) is 26.3 Å². The lowest BCUT2D eigenvalue weighted by atomic mass is 9.90. The van der Waals surface area contributed by atoms with E-state index in [-0.39, 0.29) is 24.2 Å². The molecule has 0 amide bonds. The van der Waals surface area contributed by atoms with E-state index in [1.54, 1.807) is 6.92 Å². The topological polar surface area (TPSA) is 128 Å². The molecule has 1 aromatic carbocycles. The molecule has 8 nitrogen and oxygen atoms in total. The van der Waals surface area contributed by atoms with Gasteiger partial charge < -0.3 is 24.4 Å². The minimum absolute atomic E-state index is 0.117. The normalized spacial score (nSPS) is 18.0. The van der Waals surface area contributed by atoms with Gasteiger partial charge in [0.25, 0.3) is 5.72 Å². The Kier molecular flexibility index (Phi) is 7.51. The van der Waals surface area contributed by atoms with Crippen molar-refractivity contribution in [2.75, 3.05) is 6.61 Å². The molecule has 1 aliphatic carbocycles. The number of nitrogens with two attached hydrogens (primary N) is 1. The molecule has 1 unspecified atom stereocenters. The minimum Gasteiger partial charge on any atom is -0.504 e. The third kappa shape index (κ3) is 5.28. The molecule has 1 aromatic rings. The molecule has 0 heterocycles. The summed E-state index contributed by atoms with van der Waals surface area (Å²) >= 11 is 0. The van der Waals surface area contributed by atoms with Crippen molar-refractivity contribution >= 4 is 12.1 Å². The molecule has 0 bridgehead atoms. The molecule has 0 aliphatic heterocycles. The van der Waals surface area contributed by atoms with Crippen LogP contribution >= 0.6 is 0 Å². The average molecular weight is 395 g/mol. The summed E-state index contributed by atoms with van der Waals surface area (Å²) in [5.74, 6) is -2.47. The molecular weight excluding hydrogens is 366 g/mol. The van der Waals surface area contributed by atoms with Crippen LogP contribution in [0.1, 0.15) is 63.9 Å². The van der Waals surface area contributed by atoms with Gasteiger partial charge >= 0.3 is 12.1 Å². The number of phenolic OH excluding ortho intramolecular Hbond substituents is 2. The van der Waals surface area contributed by atoms with E-state index in [9.17, 15) is 19.8 Å². The number of aromatic hydroxyl groups is 2. The zero-order chi connectivity index (χ0) is 20.7. The van der Waals surface area contributed by atoms with Crippen molar-refractivity contribution in [1.82, 2.24) is 0 Å². The van der Waals surface area contributed by atoms with E-state index < -0.39 is 23.8 Å². The number of hydrogen-bond donors (Lipinski definition) is 3. The maximum Gasteiger partial charge on any atom is 0.510 e. The summed E-state index contributed by atoms with van der Waals surface area (Å²) in [6.45, 7) is 3.50. The quantitative estimate of drug-likeness (QED) is 0.364. The highest BCUT2D eigenvalue weighted by Crippen LogP contribution is 2.34. The lowest BCUT2D eigenvalue weighted by Crippen LogP contribution is -2.56. The number of benzene rings is 1. The summed E-state index contributed by atoms with van der Waals surface area (Å²) in [7, 11) is 0. The van der Waals surface area contributed by atoms with Crippen LogP contribution in [0.4, 0.5) is 4.79 Å². The van der Waals surface area contributed by atoms with Crippen LogP contribution in [0.2, 0.25) is 0 Å². The highest BCUT2D eigenvalue weighted by molar-refractivity contribution is 5.83. The van der Waals surface area contributed by atoms with Crippen molar-refractivity contribution in [2.24, 2.45) is 5.73 Å². The van der Waals surface area contributed by atoms with E-state index in [2.05, 4.69) is 0 Å². The van der Waals surface area contributed by atoms with Crippen molar-refractivity contribution in [3.63, 3.8) is 0 Å². The van der Waals surface area contributed by atoms with Crippen molar-refractivity contribution < 1.29 is 34.0 Å². The molecular formula is C20H29NO7. The number of rotatable bonds is 7. The van der Waals surface area contributed by atoms with Crippen LogP contribution in [0.15, 0.2) is 18.2 Å². The Hall–Kier alpha value is -2.48. The molecule has 0 spiro atoms. The van der Waals surface area contributed by atoms with Gasteiger partial charge in [0.05, 0.1) is 6.61 Å². The van der Waals surface area contributed by atoms with Crippen molar-refractivity contribution in [2.45, 2.75) is 70.1 Å². The van der Waals surface area contributed by atoms with E-state index in [0.29, 0.717) is 12.0 Å². The molecule has 2 rings (SSSR count). The summed E-state index contributed by atoms with van der Waals surface area (Å²) in [5.41, 5.74) is 4.45. The molecule has 1 fully saturated rings. The van der Waals surface area contributed by atoms with Gasteiger partial charge in [0, 0.05) is 5.92 Å². The van der Waals surface area contributed by atoms with Crippen molar-refractivity contribution in [3.05, 3.63) is 23.8 Å². The third-order valence-electron chi connectivity index (χ3n) is 4.97. The van der Waals surface area contributed by atoms with E-state index >= 15 is 0 Å². The highest BCUT2D eigenvalue weighted by atomic mass is 16.7. The second kappa shape index (κ2) is 9.64. The van der Waals surface area contributed by atoms with Crippen LogP contribution in [-0.4, -0.2) is 40.8 Å². The Morgan fingerprint density at radius 3 is 2.50 bits per heavy atom. The lowest BCUT2D eigenvalue weighted by Gasteiger charge is -2.33. The summed E-state index contributed by atoms with van der Waals surface area (Å²) in [6.07, 6.45) is 3.80. The van der Waals surface area contributed by atoms with E-state index in [1.807, 2.05) is 6.92 Å². The van der Waals surface area contributed by atoms with Crippen LogP contribution < -0.4 is 5.73 Å². The van der Waals surface area contributed by atoms with Gasteiger partial charge in [-0.3, -0.25) is 5.73 Å². The fourth-order valence-electron chi connectivity index (χ4n) is 3.15. The molecule has 2 atom stereocenters. The first-order chi connectivity index (χ1) is 13.3. The van der Waals surface area contributed by atoms with Gasteiger partial charge in [-0.25, -0.2) is 9.59 Å². The first kappa shape index (κ1) is 21.8. The predicted molar refractivity (Wildman–Crippen MR) is 101 cm³/mol. The number of hydrogen-bond acceptors (Lipinski definition) is 8. The predicted octanol–water partition coefficient (Wildman–Crippen LogP) is 3.30. The molecule has 8 heteroatoms. The zero-order valence-corrected chi connectivity index (χ0v) is 16.3. The van der Waals surface area contributed by atoms with Crippen molar-refractivity contribution in [3.8, 4) is 11.5 Å². The highest BCUT2D eigenvalue weighted by Gasteiger charge is 2.47. The van der Waals surface area contributed by atoms with E-state index in [4.69, 9.17) is 19.9 Å². The zero-order valence-electron chi connectivity index (χ0n) is 16.3. The molecule has 1 aliphatic rings. The number of esters is 1. The Morgan fingerprint density at radius 2 is 1.89 bits per heavy atom. The number of ether oxygens (including phenoxy) is 3. The first-order valence-electron chi connectivity index (χ1n) is 9.65. The fraction of sp³-hybridized carbons (Fsp3) is 0.600. The van der Waals surface area contributed by atoms with Crippen molar-refractivity contribution in [1.29, 1.82) is 0 Å². The van der Waals surface area contributed by atoms with Crippen LogP contribution in [0.3, 0.4) is 0 Å². The lowest BCUT2D eigenvalue weighted by molar-refractivity contribution is -0.171. The summed E-state index contributed by atoms with van der Waals surface area (Å²) in [4.78, 5) is 25.0. The van der Waals surface area contributed by atoms with Crippen LogP contribution in [0, 0.1) is 0 Å². The maximum absolute atomic E-state index is 12.6. The number of carbonyl (C=O) groups excluding carboxylic acids is 2. The van der Waals surface area contributed by atoms with Gasteiger partial charge in [0.1, 0.15) is 6.10 Å². The Balaban J connectivity index is 2.21. The number of carbonyl (C=O) groups is 2. The number of phenols is 2. The Bertz CT molecular complexity index is 687. The first-order valence-corrected chi connectivity index (χ1v) is 9.65. The van der Waals surface area contributed by atoms with Gasteiger partial charge in [-0.2, -0.15) is 0 Å². The standard InChI is InChI=1S/C20H29NO7/c1-3-11-26-18(24)20(21,13(2)14-9-10-16(22)17(23)12-14)28-19(25)27-15-7-5-4-6-8-15/h9-10,12-13,15,22-23H,3-8,11,21H2,1-2H3/t13?,20-/m0/s1. The summed E-state index contributed by atoms with van der Waals surface area (Å²) in [5, 5.41) is 19.3. The van der Waals surface area contributed by atoms with Gasteiger partial charge in [0.2, 0.25) is 0 Å². The SMILES string of the molecule is CCCOC(=O)[C@@](N)(OC(=O)OC1CCCCC1)C(C)c1ccc(O)c(O)c1. The molecule has 156 valence electrons. The van der Waals surface area contributed by atoms with Gasteiger partial charge in [0.15, 0.2) is 11.5 Å². The van der Waals surface area contributed by atoms with Crippen LogP contribution in [0.5, 0.6) is 11.5 Å². The maximum atomic E-state index is 12.6. The van der Waals surface area contributed by atoms with E-state index in [0.717, 1.165) is 32.1 Å². The Morgan fingerprint density at radius 1 is 1.21 bits per heavy atom. The molecule has 1 saturated carbocycles. The molecule has 4 N–H and O–H groups in total. The minimum atomic E-state index is -2.15. The second-order valence-corrected chi connectivity index (χ2v) is 7.13. The van der Waals surface area contributed by atoms with Crippen LogP contribution in [-0.2, 0) is 19.0 Å². The second-order valence-electron chi connectivity index (χ2n) is 7.13. The fourth-order valence-corrected chi connectivity index (χ4v) is 3.15. The van der Waals surface area contributed by atoms with Gasteiger partial charge in [-0.15, -0.1) is 0 Å². The average Bonchev–Trinajstić information content (AvgIpc) is 2.68. The van der Waals surface area contributed by atoms with E-state index in [1.165, 1.54) is 18.2 Å². The smallest absolute Gasteiger partial charge is 0.504 e. The Labute approximate surface area is 164 Å². The van der Waals surface area contributed by atoms with Crippen LogP contribution in [0.25, 0.3) is 0 Å². The summed E-state index contributed by atoms with van der Waals surface area (Å²) in [6, 6.07) is 3.99.